The molecule has 2 aromatic rings. The van der Waals surface area contributed by atoms with Crippen molar-refractivity contribution in [2.45, 2.75) is 77.4 Å². The summed E-state index contributed by atoms with van der Waals surface area (Å²) in [5.74, 6) is -3.57. The third-order valence-corrected chi connectivity index (χ3v) is 8.89. The molecule has 2 saturated heterocycles. The van der Waals surface area contributed by atoms with Crippen molar-refractivity contribution in [1.29, 1.82) is 0 Å². The molecule has 2 aromatic carbocycles. The van der Waals surface area contributed by atoms with Gasteiger partial charge in [-0.25, -0.2) is 8.78 Å². The van der Waals surface area contributed by atoms with Crippen molar-refractivity contribution < 1.29 is 31.9 Å². The number of nitrogens with zero attached hydrogens (tertiary/aromatic N) is 2. The van der Waals surface area contributed by atoms with E-state index >= 15 is 0 Å². The topological polar surface area (TPSA) is 43.8 Å². The van der Waals surface area contributed by atoms with E-state index < -0.39 is 41.5 Å². The fraction of sp³-hybridized carbons (Fsp3) is 0.606. The van der Waals surface area contributed by atoms with Crippen molar-refractivity contribution in [3.05, 3.63) is 70.8 Å². The molecule has 4 nitrogen and oxygen atoms in total. The third-order valence-electron chi connectivity index (χ3n) is 8.89. The minimum atomic E-state index is -4.49. The molecule has 42 heavy (non-hydrogen) atoms. The van der Waals surface area contributed by atoms with Crippen molar-refractivity contribution >= 4 is 5.97 Å². The Morgan fingerprint density at radius 3 is 2.17 bits per heavy atom. The summed E-state index contributed by atoms with van der Waals surface area (Å²) in [6, 6.07) is 11.8. The fourth-order valence-electron chi connectivity index (χ4n) is 6.96. The lowest BCUT2D eigenvalue weighted by molar-refractivity contribution is -0.147. The molecule has 0 radical (unpaired) electrons. The minimum absolute atomic E-state index is 0.157. The van der Waals surface area contributed by atoms with Crippen molar-refractivity contribution in [3.63, 3.8) is 0 Å². The molecule has 0 saturated carbocycles. The van der Waals surface area contributed by atoms with Crippen LogP contribution >= 0.6 is 0 Å². The Morgan fingerprint density at radius 1 is 0.976 bits per heavy atom. The minimum Gasteiger partial charge on any atom is -0.480 e. The normalized spacial score (nSPS) is 22.4. The predicted molar refractivity (Wildman–Crippen MR) is 154 cm³/mol. The van der Waals surface area contributed by atoms with Gasteiger partial charge < -0.3 is 10.0 Å². The molecule has 0 bridgehead atoms. The number of hydrogen-bond acceptors (Lipinski definition) is 3. The number of carbonyl (C=O) groups is 1. The lowest BCUT2D eigenvalue weighted by Gasteiger charge is -2.36. The Kier molecular flexibility index (Phi) is 9.72. The zero-order valence-corrected chi connectivity index (χ0v) is 24.9. The number of likely N-dealkylation sites (tertiary alicyclic amines) is 2. The molecule has 3 atom stereocenters. The molecule has 2 aliphatic rings. The average Bonchev–Trinajstić information content (AvgIpc) is 3.26. The quantitative estimate of drug-likeness (QED) is 0.305. The maximum atomic E-state index is 14.9. The Morgan fingerprint density at radius 2 is 1.62 bits per heavy atom. The summed E-state index contributed by atoms with van der Waals surface area (Å²) < 4.78 is 68.2. The highest BCUT2D eigenvalue weighted by atomic mass is 19.4. The monoisotopic (exact) mass is 594 g/mol. The number of benzene rings is 2. The summed E-state index contributed by atoms with van der Waals surface area (Å²) in [4.78, 5) is 16.7. The Bertz CT molecular complexity index is 1200. The largest absolute Gasteiger partial charge is 0.480 e. The molecule has 4 rings (SSSR count). The fourth-order valence-corrected chi connectivity index (χ4v) is 6.96. The van der Waals surface area contributed by atoms with Gasteiger partial charge in [-0.3, -0.25) is 9.69 Å². The SMILES string of the molecule is Cc1cccc([C@H]2CN([C@@H](C(=O)O)C(C)(C)C)C[C@@H]2CN2CCC(CC(F)(F)Cc3ccc(C(F)(F)F)cc3)CC2)c1. The highest BCUT2D eigenvalue weighted by Gasteiger charge is 2.45. The first-order valence-electron chi connectivity index (χ1n) is 14.8. The van der Waals surface area contributed by atoms with Crippen LogP contribution in [-0.2, 0) is 17.4 Å². The number of aliphatic carboxylic acids is 1. The second kappa shape index (κ2) is 12.6. The van der Waals surface area contributed by atoms with Crippen LogP contribution in [0.4, 0.5) is 22.0 Å². The molecule has 0 amide bonds. The van der Waals surface area contributed by atoms with Crippen molar-refractivity contribution in [2.24, 2.45) is 17.3 Å². The standard InChI is InChI=1S/C33H43F5N2O2/c1-22-6-5-7-25(16-22)28-21-40(29(30(41)42)31(2,3)4)20-26(28)19-39-14-12-24(13-15-39)18-32(34,35)17-23-8-10-27(11-9-23)33(36,37)38/h5-11,16,24,26,28-29H,12-15,17-21H2,1-4H3,(H,41,42)/t26-,28+,29-/m0/s1. The molecular weight excluding hydrogens is 551 g/mol. The number of piperidine rings is 1. The first-order valence-corrected chi connectivity index (χ1v) is 14.8. The van der Waals surface area contributed by atoms with E-state index in [1.807, 2.05) is 26.8 Å². The van der Waals surface area contributed by atoms with E-state index in [4.69, 9.17) is 0 Å². The van der Waals surface area contributed by atoms with Crippen LogP contribution in [0.15, 0.2) is 48.5 Å². The summed E-state index contributed by atoms with van der Waals surface area (Å²) in [6.07, 6.45) is -4.07. The van der Waals surface area contributed by atoms with Gasteiger partial charge in [0.05, 0.1) is 5.56 Å². The van der Waals surface area contributed by atoms with Crippen molar-refractivity contribution in [1.82, 2.24) is 9.80 Å². The Balaban J connectivity index is 1.37. The number of halogens is 5. The second-order valence-corrected chi connectivity index (χ2v) is 13.5. The number of carboxylic acid groups (broad SMARTS) is 1. The van der Waals surface area contributed by atoms with E-state index in [9.17, 15) is 31.9 Å². The van der Waals surface area contributed by atoms with Gasteiger partial charge in [0.25, 0.3) is 5.92 Å². The van der Waals surface area contributed by atoms with Crippen LogP contribution in [0.1, 0.15) is 68.2 Å². The number of carboxylic acids is 1. The lowest BCUT2D eigenvalue weighted by Crippen LogP contribution is -2.48. The third kappa shape index (κ3) is 8.31. The van der Waals surface area contributed by atoms with Crippen LogP contribution in [0.5, 0.6) is 0 Å². The van der Waals surface area contributed by atoms with E-state index in [1.54, 1.807) is 0 Å². The van der Waals surface area contributed by atoms with Gasteiger partial charge in [0.1, 0.15) is 6.04 Å². The highest BCUT2D eigenvalue weighted by molar-refractivity contribution is 5.74. The van der Waals surface area contributed by atoms with Gasteiger partial charge in [-0.2, -0.15) is 13.2 Å². The van der Waals surface area contributed by atoms with Gasteiger partial charge in [-0.1, -0.05) is 62.7 Å². The van der Waals surface area contributed by atoms with Gasteiger partial charge in [-0.05, 0) is 73.4 Å². The molecule has 0 unspecified atom stereocenters. The molecular formula is C33H43F5N2O2. The zero-order chi connectivity index (χ0) is 30.9. The molecule has 0 spiro atoms. The molecule has 9 heteroatoms. The van der Waals surface area contributed by atoms with E-state index in [1.165, 1.54) is 5.56 Å². The van der Waals surface area contributed by atoms with Crippen LogP contribution < -0.4 is 0 Å². The Hall–Kier alpha value is -2.52. The average molecular weight is 595 g/mol. The Labute approximate surface area is 245 Å². The molecule has 232 valence electrons. The molecule has 0 aliphatic carbocycles. The van der Waals surface area contributed by atoms with Crippen molar-refractivity contribution in [2.75, 3.05) is 32.7 Å². The van der Waals surface area contributed by atoms with Crippen LogP contribution in [0.3, 0.4) is 0 Å². The first-order chi connectivity index (χ1) is 19.5. The smallest absolute Gasteiger partial charge is 0.416 e. The predicted octanol–water partition coefficient (Wildman–Crippen LogP) is 7.51. The van der Waals surface area contributed by atoms with Crippen molar-refractivity contribution in [3.8, 4) is 0 Å². The molecule has 0 aromatic heterocycles. The number of hydrogen-bond donors (Lipinski definition) is 1. The van der Waals surface area contributed by atoms with Gasteiger partial charge in [-0.15, -0.1) is 0 Å². The van der Waals surface area contributed by atoms with E-state index in [-0.39, 0.29) is 29.7 Å². The molecule has 1 N–H and O–H groups in total. The summed E-state index contributed by atoms with van der Waals surface area (Å²) in [5, 5.41) is 10.1. The van der Waals surface area contributed by atoms with Gasteiger partial charge >= 0.3 is 12.1 Å². The molecule has 2 aliphatic heterocycles. The first kappa shape index (κ1) is 32.4. The van der Waals surface area contributed by atoms with Gasteiger partial charge in [0.15, 0.2) is 0 Å². The van der Waals surface area contributed by atoms with Gasteiger partial charge in [0.2, 0.25) is 0 Å². The summed E-state index contributed by atoms with van der Waals surface area (Å²) in [5.41, 5.74) is 1.30. The number of aryl methyl sites for hydroxylation is 1. The second-order valence-electron chi connectivity index (χ2n) is 13.5. The van der Waals surface area contributed by atoms with Crippen LogP contribution in [0.2, 0.25) is 0 Å². The summed E-state index contributed by atoms with van der Waals surface area (Å²) in [7, 11) is 0. The maximum Gasteiger partial charge on any atom is 0.416 e. The number of alkyl halides is 5. The number of rotatable bonds is 9. The van der Waals surface area contributed by atoms with Gasteiger partial charge in [0, 0.05) is 38.4 Å². The van der Waals surface area contributed by atoms with Crippen LogP contribution in [-0.4, -0.2) is 65.6 Å². The van der Waals surface area contributed by atoms with E-state index in [0.29, 0.717) is 39.0 Å². The summed E-state index contributed by atoms with van der Waals surface area (Å²) in [6.45, 7) is 11.4. The molecule has 2 heterocycles. The highest BCUT2D eigenvalue weighted by Crippen LogP contribution is 2.39. The van der Waals surface area contributed by atoms with Crippen LogP contribution in [0.25, 0.3) is 0 Å². The van der Waals surface area contributed by atoms with Crippen LogP contribution in [0, 0.1) is 24.2 Å². The lowest BCUT2D eigenvalue weighted by atomic mass is 9.85. The molecule has 2 fully saturated rings. The summed E-state index contributed by atoms with van der Waals surface area (Å²) >= 11 is 0. The maximum absolute atomic E-state index is 14.9. The van der Waals surface area contributed by atoms with E-state index in [0.717, 1.165) is 36.4 Å². The van der Waals surface area contributed by atoms with E-state index in [2.05, 4.69) is 34.9 Å². The zero-order valence-electron chi connectivity index (χ0n) is 24.9.